The van der Waals surface area contributed by atoms with Crippen LogP contribution in [-0.4, -0.2) is 25.5 Å². The van der Waals surface area contributed by atoms with E-state index in [0.29, 0.717) is 5.69 Å². The van der Waals surface area contributed by atoms with Gasteiger partial charge in [-0.05, 0) is 38.1 Å². The molecule has 1 unspecified atom stereocenters. The second-order valence-corrected chi connectivity index (χ2v) is 5.65. The van der Waals surface area contributed by atoms with Gasteiger partial charge in [0.2, 0.25) is 0 Å². The number of benzene rings is 1. The van der Waals surface area contributed by atoms with Gasteiger partial charge in [0.05, 0.1) is 11.0 Å². The minimum absolute atomic E-state index is 0.0886. The number of pyridine rings is 1. The summed E-state index contributed by atoms with van der Waals surface area (Å²) >= 11 is 0. The van der Waals surface area contributed by atoms with Gasteiger partial charge in [-0.15, -0.1) is 0 Å². The van der Waals surface area contributed by atoms with Crippen LogP contribution in [0.15, 0.2) is 48.7 Å². The zero-order chi connectivity index (χ0) is 18.1. The number of anilines is 1. The molecule has 0 radical (unpaired) electrons. The number of rotatable bonds is 4. The van der Waals surface area contributed by atoms with Crippen LogP contribution in [0.4, 0.5) is 16.2 Å². The quantitative estimate of drug-likeness (QED) is 0.575. The first-order valence-corrected chi connectivity index (χ1v) is 7.59. The highest BCUT2D eigenvalue weighted by molar-refractivity contribution is 5.87. The smallest absolute Gasteiger partial charge is 0.412 e. The number of hydrogen-bond donors (Lipinski definition) is 1. The molecule has 128 valence electrons. The Morgan fingerprint density at radius 1 is 1.28 bits per heavy atom. The van der Waals surface area contributed by atoms with E-state index in [4.69, 9.17) is 0 Å². The predicted octanol–water partition coefficient (Wildman–Crippen LogP) is 3.80. The van der Waals surface area contributed by atoms with E-state index in [0.717, 1.165) is 17.0 Å². The third-order valence-electron chi connectivity index (χ3n) is 4.10. The lowest BCUT2D eigenvalue weighted by Crippen LogP contribution is -2.33. The number of aromatic nitrogens is 2. The Morgan fingerprint density at radius 2 is 1.96 bits per heavy atom. The Kier molecular flexibility index (Phi) is 4.10. The highest BCUT2D eigenvalue weighted by Crippen LogP contribution is 2.29. The van der Waals surface area contributed by atoms with Gasteiger partial charge >= 0.3 is 6.09 Å². The fourth-order valence-corrected chi connectivity index (χ4v) is 2.91. The van der Waals surface area contributed by atoms with Crippen molar-refractivity contribution in [2.45, 2.75) is 19.9 Å². The number of nitro benzene ring substituents is 1. The summed E-state index contributed by atoms with van der Waals surface area (Å²) in [6.45, 7) is 3.66. The van der Waals surface area contributed by atoms with Crippen LogP contribution in [0.5, 0.6) is 0 Å². The summed E-state index contributed by atoms with van der Waals surface area (Å²) < 4.78 is 1.89. The fraction of sp³-hybridized carbons (Fsp3) is 0.176. The van der Waals surface area contributed by atoms with Crippen molar-refractivity contribution in [2.75, 3.05) is 4.90 Å². The number of amides is 1. The molecule has 2 aromatic heterocycles. The zero-order valence-electron chi connectivity index (χ0n) is 13.7. The van der Waals surface area contributed by atoms with E-state index in [-0.39, 0.29) is 5.69 Å². The summed E-state index contributed by atoms with van der Waals surface area (Å²) in [7, 11) is 0. The molecule has 0 aliphatic rings. The van der Waals surface area contributed by atoms with E-state index < -0.39 is 17.1 Å². The van der Waals surface area contributed by atoms with Gasteiger partial charge in [-0.3, -0.25) is 19.4 Å². The van der Waals surface area contributed by atoms with Crippen LogP contribution >= 0.6 is 0 Å². The van der Waals surface area contributed by atoms with Gasteiger partial charge in [0.1, 0.15) is 5.65 Å². The fourth-order valence-electron chi connectivity index (χ4n) is 2.91. The molecule has 0 spiro atoms. The number of fused-ring (bicyclic) bond motifs is 1. The first-order valence-electron chi connectivity index (χ1n) is 7.59. The number of imidazole rings is 1. The molecule has 8 nitrogen and oxygen atoms in total. The molecule has 3 aromatic rings. The molecule has 3 rings (SSSR count). The summed E-state index contributed by atoms with van der Waals surface area (Å²) in [6, 6.07) is 10.4. The first-order chi connectivity index (χ1) is 11.9. The van der Waals surface area contributed by atoms with E-state index in [1.807, 2.05) is 29.5 Å². The number of carbonyl (C=O) groups is 1. The summed E-state index contributed by atoms with van der Waals surface area (Å²) in [5.74, 6) is 0. The number of nitrogens with zero attached hydrogens (tertiary/aromatic N) is 4. The molecule has 25 heavy (non-hydrogen) atoms. The molecular weight excluding hydrogens is 324 g/mol. The molecular formula is C17H16N4O4. The van der Waals surface area contributed by atoms with Crippen LogP contribution < -0.4 is 4.90 Å². The minimum atomic E-state index is -1.14. The van der Waals surface area contributed by atoms with Crippen LogP contribution in [-0.2, 0) is 0 Å². The van der Waals surface area contributed by atoms with Crippen molar-refractivity contribution < 1.29 is 14.8 Å². The van der Waals surface area contributed by atoms with Gasteiger partial charge < -0.3 is 5.11 Å². The zero-order valence-corrected chi connectivity index (χ0v) is 13.7. The van der Waals surface area contributed by atoms with Crippen molar-refractivity contribution >= 4 is 23.1 Å². The van der Waals surface area contributed by atoms with Crippen LogP contribution in [0.2, 0.25) is 0 Å². The Balaban J connectivity index is 2.07. The number of nitro groups is 1. The molecule has 0 saturated carbocycles. The van der Waals surface area contributed by atoms with E-state index >= 15 is 0 Å². The second kappa shape index (κ2) is 6.23. The molecule has 2 heterocycles. The maximum atomic E-state index is 11.9. The minimum Gasteiger partial charge on any atom is -0.465 e. The lowest BCUT2D eigenvalue weighted by molar-refractivity contribution is -0.384. The second-order valence-electron chi connectivity index (χ2n) is 5.65. The lowest BCUT2D eigenvalue weighted by Gasteiger charge is -2.27. The van der Waals surface area contributed by atoms with Crippen molar-refractivity contribution in [1.82, 2.24) is 9.38 Å². The molecule has 1 N–H and O–H groups in total. The molecule has 8 heteroatoms. The van der Waals surface area contributed by atoms with E-state index in [9.17, 15) is 20.0 Å². The van der Waals surface area contributed by atoms with E-state index in [2.05, 4.69) is 4.98 Å². The monoisotopic (exact) mass is 340 g/mol. The van der Waals surface area contributed by atoms with Crippen molar-refractivity contribution in [3.05, 3.63) is 70.2 Å². The Labute approximate surface area is 143 Å². The Hall–Kier alpha value is -3.42. The first kappa shape index (κ1) is 16.4. The van der Waals surface area contributed by atoms with Gasteiger partial charge in [-0.25, -0.2) is 9.78 Å². The van der Waals surface area contributed by atoms with Crippen molar-refractivity contribution in [2.24, 2.45) is 0 Å². The van der Waals surface area contributed by atoms with E-state index in [1.54, 1.807) is 13.1 Å². The highest BCUT2D eigenvalue weighted by Gasteiger charge is 2.25. The van der Waals surface area contributed by atoms with E-state index in [1.165, 1.54) is 29.2 Å². The molecule has 0 fully saturated rings. The SMILES string of the molecule is Cc1cnc2cccc(C(C)N(C(=O)O)c3ccc([N+](=O)[O-])cc3)n12. The lowest BCUT2D eigenvalue weighted by atomic mass is 10.1. The molecule has 1 atom stereocenters. The van der Waals surface area contributed by atoms with Gasteiger partial charge in [-0.1, -0.05) is 6.07 Å². The summed E-state index contributed by atoms with van der Waals surface area (Å²) in [6.07, 6.45) is 0.582. The summed E-state index contributed by atoms with van der Waals surface area (Å²) in [5, 5.41) is 20.5. The van der Waals surface area contributed by atoms with Crippen LogP contribution in [0, 0.1) is 17.0 Å². The van der Waals surface area contributed by atoms with Crippen LogP contribution in [0.3, 0.4) is 0 Å². The maximum absolute atomic E-state index is 11.9. The molecule has 0 aliphatic carbocycles. The van der Waals surface area contributed by atoms with Crippen LogP contribution in [0.25, 0.3) is 5.65 Å². The highest BCUT2D eigenvalue weighted by atomic mass is 16.6. The number of non-ortho nitro benzene ring substituents is 1. The average Bonchev–Trinajstić information content (AvgIpc) is 2.96. The largest absolute Gasteiger partial charge is 0.465 e. The van der Waals surface area contributed by atoms with Crippen molar-refractivity contribution in [3.63, 3.8) is 0 Å². The van der Waals surface area contributed by atoms with Gasteiger partial charge in [0.15, 0.2) is 0 Å². The van der Waals surface area contributed by atoms with Gasteiger partial charge in [0.25, 0.3) is 5.69 Å². The van der Waals surface area contributed by atoms with Crippen molar-refractivity contribution in [3.8, 4) is 0 Å². The van der Waals surface area contributed by atoms with Crippen molar-refractivity contribution in [1.29, 1.82) is 0 Å². The van der Waals surface area contributed by atoms with Gasteiger partial charge in [0, 0.05) is 35.4 Å². The number of aryl methyl sites for hydroxylation is 1. The third kappa shape index (κ3) is 2.89. The normalized spacial score (nSPS) is 12.1. The number of carboxylic acid groups (broad SMARTS) is 1. The standard InChI is InChI=1S/C17H16N4O4/c1-11-10-18-16-5-3-4-15(19(11)16)12(2)20(17(22)23)13-6-8-14(9-7-13)21(24)25/h3-10,12H,1-2H3,(H,22,23). The Bertz CT molecular complexity index is 949. The molecule has 1 amide bonds. The third-order valence-corrected chi connectivity index (χ3v) is 4.10. The molecule has 0 bridgehead atoms. The van der Waals surface area contributed by atoms with Gasteiger partial charge in [-0.2, -0.15) is 0 Å². The molecule has 1 aromatic carbocycles. The summed E-state index contributed by atoms with van der Waals surface area (Å²) in [5.41, 5.74) is 2.66. The Morgan fingerprint density at radius 3 is 2.56 bits per heavy atom. The summed E-state index contributed by atoms with van der Waals surface area (Å²) in [4.78, 5) is 27.6. The molecule has 0 aliphatic heterocycles. The average molecular weight is 340 g/mol. The maximum Gasteiger partial charge on any atom is 0.412 e. The van der Waals surface area contributed by atoms with Crippen LogP contribution in [0.1, 0.15) is 24.4 Å². The number of hydrogen-bond acceptors (Lipinski definition) is 4. The predicted molar refractivity (Wildman–Crippen MR) is 91.9 cm³/mol. The molecule has 0 saturated heterocycles. The topological polar surface area (TPSA) is 101 Å².